The SMILES string of the molecule is Cc1c(OCC2CCC2)ccc(Br)c1C(=O)OC(C)(C)C. The Balaban J connectivity index is 2.17. The van der Waals surface area contributed by atoms with Crippen LogP contribution >= 0.6 is 15.9 Å². The highest BCUT2D eigenvalue weighted by atomic mass is 79.9. The van der Waals surface area contributed by atoms with Gasteiger partial charge < -0.3 is 9.47 Å². The van der Waals surface area contributed by atoms with E-state index in [-0.39, 0.29) is 5.97 Å². The van der Waals surface area contributed by atoms with Crippen LogP contribution in [-0.2, 0) is 4.74 Å². The number of benzene rings is 1. The van der Waals surface area contributed by atoms with Crippen molar-refractivity contribution in [3.63, 3.8) is 0 Å². The quantitative estimate of drug-likeness (QED) is 0.722. The highest BCUT2D eigenvalue weighted by Gasteiger charge is 2.24. The van der Waals surface area contributed by atoms with Crippen molar-refractivity contribution in [1.82, 2.24) is 0 Å². The molecule has 0 atom stereocenters. The maximum Gasteiger partial charge on any atom is 0.340 e. The molecule has 0 aromatic heterocycles. The van der Waals surface area contributed by atoms with Crippen LogP contribution < -0.4 is 4.74 Å². The van der Waals surface area contributed by atoms with Crippen LogP contribution in [0.25, 0.3) is 0 Å². The zero-order valence-corrected chi connectivity index (χ0v) is 14.7. The van der Waals surface area contributed by atoms with E-state index in [0.717, 1.165) is 22.4 Å². The van der Waals surface area contributed by atoms with Crippen LogP contribution in [0.5, 0.6) is 5.75 Å². The Morgan fingerprint density at radius 2 is 2.00 bits per heavy atom. The van der Waals surface area contributed by atoms with Crippen molar-refractivity contribution in [2.24, 2.45) is 5.92 Å². The number of hydrogen-bond acceptors (Lipinski definition) is 3. The molecule has 116 valence electrons. The van der Waals surface area contributed by atoms with E-state index < -0.39 is 5.60 Å². The van der Waals surface area contributed by atoms with Gasteiger partial charge in [-0.2, -0.15) is 0 Å². The molecule has 0 heterocycles. The first-order chi connectivity index (χ1) is 9.78. The van der Waals surface area contributed by atoms with E-state index in [0.29, 0.717) is 11.5 Å². The monoisotopic (exact) mass is 354 g/mol. The third kappa shape index (κ3) is 4.22. The Morgan fingerprint density at radius 3 is 2.52 bits per heavy atom. The second-order valence-electron chi connectivity index (χ2n) is 6.66. The maximum absolute atomic E-state index is 12.4. The second-order valence-corrected chi connectivity index (χ2v) is 7.51. The summed E-state index contributed by atoms with van der Waals surface area (Å²) in [6.45, 7) is 8.23. The summed E-state index contributed by atoms with van der Waals surface area (Å²) in [5.74, 6) is 1.12. The van der Waals surface area contributed by atoms with Crippen LogP contribution in [-0.4, -0.2) is 18.2 Å². The van der Waals surface area contributed by atoms with Crippen molar-refractivity contribution >= 4 is 21.9 Å². The summed E-state index contributed by atoms with van der Waals surface area (Å²) >= 11 is 3.44. The van der Waals surface area contributed by atoms with Gasteiger partial charge in [-0.1, -0.05) is 6.42 Å². The summed E-state index contributed by atoms with van der Waals surface area (Å²) in [7, 11) is 0. The van der Waals surface area contributed by atoms with Gasteiger partial charge in [0.1, 0.15) is 11.4 Å². The molecule has 1 fully saturated rings. The lowest BCUT2D eigenvalue weighted by Crippen LogP contribution is -2.25. The molecule has 4 heteroatoms. The van der Waals surface area contributed by atoms with Gasteiger partial charge in [0.15, 0.2) is 0 Å². The largest absolute Gasteiger partial charge is 0.493 e. The van der Waals surface area contributed by atoms with Crippen molar-refractivity contribution in [3.05, 3.63) is 27.7 Å². The lowest BCUT2D eigenvalue weighted by Gasteiger charge is -2.26. The van der Waals surface area contributed by atoms with Gasteiger partial charge in [-0.25, -0.2) is 4.79 Å². The van der Waals surface area contributed by atoms with Gasteiger partial charge >= 0.3 is 5.97 Å². The van der Waals surface area contributed by atoms with Crippen LogP contribution in [0.4, 0.5) is 0 Å². The van der Waals surface area contributed by atoms with E-state index in [9.17, 15) is 4.79 Å². The fourth-order valence-electron chi connectivity index (χ4n) is 2.26. The van der Waals surface area contributed by atoms with E-state index >= 15 is 0 Å². The molecule has 0 saturated heterocycles. The van der Waals surface area contributed by atoms with Gasteiger partial charge in [0.25, 0.3) is 0 Å². The summed E-state index contributed by atoms with van der Waals surface area (Å²) in [5.41, 5.74) is 0.875. The summed E-state index contributed by atoms with van der Waals surface area (Å²) in [4.78, 5) is 12.4. The minimum absolute atomic E-state index is 0.319. The number of esters is 1. The molecule has 0 bridgehead atoms. The van der Waals surface area contributed by atoms with E-state index in [2.05, 4.69) is 15.9 Å². The molecule has 1 aromatic rings. The lowest BCUT2D eigenvalue weighted by atomic mass is 9.86. The zero-order chi connectivity index (χ0) is 15.6. The van der Waals surface area contributed by atoms with E-state index in [1.165, 1.54) is 19.3 Å². The third-order valence-corrected chi connectivity index (χ3v) is 4.33. The Morgan fingerprint density at radius 1 is 1.33 bits per heavy atom. The van der Waals surface area contributed by atoms with Gasteiger partial charge in [0.2, 0.25) is 0 Å². The molecule has 0 spiro atoms. The summed E-state index contributed by atoms with van der Waals surface area (Å²) in [6.07, 6.45) is 3.79. The van der Waals surface area contributed by atoms with Crippen molar-refractivity contribution in [1.29, 1.82) is 0 Å². The molecule has 0 radical (unpaired) electrons. The molecule has 1 aliphatic carbocycles. The molecule has 1 saturated carbocycles. The third-order valence-electron chi connectivity index (χ3n) is 3.67. The van der Waals surface area contributed by atoms with Gasteiger partial charge in [0, 0.05) is 10.0 Å². The van der Waals surface area contributed by atoms with Crippen molar-refractivity contribution in [2.75, 3.05) is 6.61 Å². The Bertz CT molecular complexity index is 528. The highest BCUT2D eigenvalue weighted by molar-refractivity contribution is 9.10. The second kappa shape index (κ2) is 6.39. The molecule has 2 rings (SSSR count). The smallest absolute Gasteiger partial charge is 0.340 e. The van der Waals surface area contributed by atoms with Crippen LogP contribution in [0, 0.1) is 12.8 Å². The Kier molecular flexibility index (Phi) is 4.97. The molecular formula is C17H23BrO3. The number of carbonyl (C=O) groups excluding carboxylic acids is 1. The molecule has 0 N–H and O–H groups in total. The van der Waals surface area contributed by atoms with Crippen molar-refractivity contribution in [3.8, 4) is 5.75 Å². The van der Waals surface area contributed by atoms with E-state index in [1.807, 2.05) is 39.8 Å². The van der Waals surface area contributed by atoms with Crippen molar-refractivity contribution < 1.29 is 14.3 Å². The number of rotatable bonds is 4. The molecule has 1 aliphatic rings. The molecule has 21 heavy (non-hydrogen) atoms. The minimum Gasteiger partial charge on any atom is -0.493 e. The number of halogens is 1. The highest BCUT2D eigenvalue weighted by Crippen LogP contribution is 2.32. The molecule has 0 amide bonds. The summed E-state index contributed by atoms with van der Waals surface area (Å²) < 4.78 is 12.1. The maximum atomic E-state index is 12.4. The Hall–Kier alpha value is -1.03. The predicted molar refractivity (Wildman–Crippen MR) is 86.9 cm³/mol. The topological polar surface area (TPSA) is 35.5 Å². The van der Waals surface area contributed by atoms with E-state index in [1.54, 1.807) is 0 Å². The van der Waals surface area contributed by atoms with Crippen molar-refractivity contribution in [2.45, 2.75) is 52.6 Å². The fraction of sp³-hybridized carbons (Fsp3) is 0.588. The first-order valence-electron chi connectivity index (χ1n) is 7.43. The lowest BCUT2D eigenvalue weighted by molar-refractivity contribution is 0.00671. The number of carbonyl (C=O) groups is 1. The standard InChI is InChI=1S/C17H23BrO3/c1-11-14(20-10-12-6-5-7-12)9-8-13(18)15(11)16(19)21-17(2,3)4/h8-9,12H,5-7,10H2,1-4H3. The summed E-state index contributed by atoms with van der Waals surface area (Å²) in [5, 5.41) is 0. The fourth-order valence-corrected chi connectivity index (χ4v) is 2.85. The molecule has 1 aromatic carbocycles. The minimum atomic E-state index is -0.508. The van der Waals surface area contributed by atoms with Gasteiger partial charge in [-0.05, 0) is 74.5 Å². The average Bonchev–Trinajstić information content (AvgIpc) is 2.27. The molecule has 0 unspecified atom stereocenters. The van der Waals surface area contributed by atoms with Crippen LogP contribution in [0.15, 0.2) is 16.6 Å². The molecular weight excluding hydrogens is 332 g/mol. The first kappa shape index (κ1) is 16.3. The van der Waals surface area contributed by atoms with Gasteiger partial charge in [0.05, 0.1) is 12.2 Å². The van der Waals surface area contributed by atoms with E-state index in [4.69, 9.17) is 9.47 Å². The van der Waals surface area contributed by atoms with Gasteiger partial charge in [-0.15, -0.1) is 0 Å². The first-order valence-corrected chi connectivity index (χ1v) is 8.22. The number of ether oxygens (including phenoxy) is 2. The predicted octanol–water partition coefficient (Wildman–Crippen LogP) is 4.89. The molecule has 3 nitrogen and oxygen atoms in total. The summed E-state index contributed by atoms with van der Waals surface area (Å²) in [6, 6.07) is 3.76. The average molecular weight is 355 g/mol. The van der Waals surface area contributed by atoms with Gasteiger partial charge in [-0.3, -0.25) is 0 Å². The normalized spacial score (nSPS) is 15.5. The molecule has 0 aliphatic heterocycles. The number of hydrogen-bond donors (Lipinski definition) is 0. The Labute approximate surface area is 135 Å². The van der Waals surface area contributed by atoms with Crippen LogP contribution in [0.3, 0.4) is 0 Å². The van der Waals surface area contributed by atoms with Crippen LogP contribution in [0.1, 0.15) is 56.0 Å². The van der Waals surface area contributed by atoms with Crippen LogP contribution in [0.2, 0.25) is 0 Å². The zero-order valence-electron chi connectivity index (χ0n) is 13.2.